The molecule has 0 bridgehead atoms. The normalized spacial score (nSPS) is 11.8. The van der Waals surface area contributed by atoms with Crippen LogP contribution in [-0.4, -0.2) is 9.49 Å². The van der Waals surface area contributed by atoms with E-state index in [1.54, 1.807) is 0 Å². The molecule has 0 spiro atoms. The van der Waals surface area contributed by atoms with Gasteiger partial charge in [-0.05, 0) is 4.92 Å². The fourth-order valence-electron chi connectivity index (χ4n) is 1.24. The second-order valence-corrected chi connectivity index (χ2v) is 2.76. The van der Waals surface area contributed by atoms with Gasteiger partial charge >= 0.3 is 17.7 Å². The zero-order chi connectivity index (χ0) is 11.1. The van der Waals surface area contributed by atoms with Gasteiger partial charge in [0.15, 0.2) is 0 Å². The lowest BCUT2D eigenvalue weighted by Gasteiger charge is -2.02. The molecule has 14 heavy (non-hydrogen) atoms. The molecule has 0 radical (unpaired) electrons. The summed E-state index contributed by atoms with van der Waals surface area (Å²) in [6.45, 7) is 0. The molecule has 0 amide bonds. The average molecular weight is 210 g/mol. The van der Waals surface area contributed by atoms with E-state index < -0.39 is 22.6 Å². The van der Waals surface area contributed by atoms with Crippen molar-refractivity contribution in [1.29, 1.82) is 0 Å². The first kappa shape index (κ1) is 10.5. The van der Waals surface area contributed by atoms with Gasteiger partial charge < -0.3 is 10.1 Å². The minimum Gasteiger partial charge on any atom is -0.358 e. The maximum atomic E-state index is 12.3. The second-order valence-electron chi connectivity index (χ2n) is 2.76. The Morgan fingerprint density at radius 3 is 2.36 bits per heavy atom. The van der Waals surface area contributed by atoms with Crippen molar-refractivity contribution in [1.82, 2.24) is 4.57 Å². The first-order valence-corrected chi connectivity index (χ1v) is 3.51. The summed E-state index contributed by atoms with van der Waals surface area (Å²) in [7, 11) is 2.29. The number of hydrogen-bond donors (Lipinski definition) is 0. The van der Waals surface area contributed by atoms with Crippen molar-refractivity contribution in [3.8, 4) is 0 Å². The van der Waals surface area contributed by atoms with Crippen molar-refractivity contribution >= 4 is 5.82 Å². The predicted octanol–water partition coefficient (Wildman–Crippen LogP) is 0.777. The van der Waals surface area contributed by atoms with Gasteiger partial charge in [-0.15, -0.1) is 0 Å². The summed E-state index contributed by atoms with van der Waals surface area (Å²) in [6.07, 6.45) is -3.72. The molecule has 0 aliphatic heterocycles. The Bertz CT molecular complexity index is 382. The Hall–Kier alpha value is -1.60. The van der Waals surface area contributed by atoms with Crippen LogP contribution in [0.4, 0.5) is 19.0 Å². The number of hydrogen-bond acceptors (Lipinski definition) is 2. The van der Waals surface area contributed by atoms with Gasteiger partial charge in [-0.3, -0.25) is 0 Å². The van der Waals surface area contributed by atoms with Crippen LogP contribution in [0, 0.1) is 10.1 Å². The number of aromatic nitrogens is 2. The largest absolute Gasteiger partial charge is 0.462 e. The summed E-state index contributed by atoms with van der Waals surface area (Å²) in [5.74, 6) is -0.958. The van der Waals surface area contributed by atoms with Crippen molar-refractivity contribution in [2.24, 2.45) is 14.1 Å². The number of halogens is 3. The Morgan fingerprint density at radius 2 is 2.07 bits per heavy atom. The molecule has 0 N–H and O–H groups in total. The summed E-state index contributed by atoms with van der Waals surface area (Å²) in [5, 5.41) is 10.4. The summed E-state index contributed by atoms with van der Waals surface area (Å²) < 4.78 is 38.5. The summed E-state index contributed by atoms with van der Waals surface area (Å²) in [6, 6.07) is 0. The highest BCUT2D eigenvalue weighted by molar-refractivity contribution is 5.25. The summed E-state index contributed by atoms with van der Waals surface area (Å²) in [5.41, 5.74) is -1.26. The van der Waals surface area contributed by atoms with E-state index in [1.165, 1.54) is 7.05 Å². The summed E-state index contributed by atoms with van der Waals surface area (Å²) >= 11 is 0. The van der Waals surface area contributed by atoms with Crippen LogP contribution in [0.5, 0.6) is 0 Å². The third-order valence-corrected chi connectivity index (χ3v) is 1.69. The molecule has 1 aromatic rings. The van der Waals surface area contributed by atoms with Crippen LogP contribution in [0.25, 0.3) is 0 Å². The van der Waals surface area contributed by atoms with Gasteiger partial charge in [0, 0.05) is 0 Å². The quantitative estimate of drug-likeness (QED) is 0.390. The number of nitrogens with zero attached hydrogens (tertiary/aromatic N) is 3. The third kappa shape index (κ3) is 1.54. The van der Waals surface area contributed by atoms with Crippen molar-refractivity contribution in [3.63, 3.8) is 0 Å². The van der Waals surface area contributed by atoms with Crippen LogP contribution in [-0.2, 0) is 20.3 Å². The SMILES string of the molecule is Cn1c[n+](C)c(C(F)(F)F)c1[N+](=O)[O-]. The minimum absolute atomic E-state index is 0.679. The summed E-state index contributed by atoms with van der Waals surface area (Å²) in [4.78, 5) is 9.32. The van der Waals surface area contributed by atoms with Crippen LogP contribution < -0.4 is 4.57 Å². The Morgan fingerprint density at radius 1 is 1.57 bits per heavy atom. The first-order chi connectivity index (χ1) is 6.25. The van der Waals surface area contributed by atoms with E-state index in [0.29, 0.717) is 4.57 Å². The van der Waals surface area contributed by atoms with E-state index in [-0.39, 0.29) is 0 Å². The standard InChI is InChI=1S/C6H7F3N3O2/c1-10-3-11(2)5(12(13)14)4(10)6(7,8)9/h3H,1-2H3/q+1. The van der Waals surface area contributed by atoms with Crippen molar-refractivity contribution in [2.45, 2.75) is 6.18 Å². The average Bonchev–Trinajstić information content (AvgIpc) is 2.23. The second kappa shape index (κ2) is 2.96. The first-order valence-electron chi connectivity index (χ1n) is 3.51. The van der Waals surface area contributed by atoms with Crippen molar-refractivity contribution in [2.75, 3.05) is 0 Å². The zero-order valence-corrected chi connectivity index (χ0v) is 7.37. The molecule has 0 aliphatic rings. The molecule has 78 valence electrons. The Kier molecular flexibility index (Phi) is 2.22. The number of imidazole rings is 1. The molecule has 1 heterocycles. The maximum absolute atomic E-state index is 12.3. The van der Waals surface area contributed by atoms with Crippen molar-refractivity contribution < 1.29 is 22.7 Å². The van der Waals surface area contributed by atoms with E-state index in [2.05, 4.69) is 0 Å². The van der Waals surface area contributed by atoms with E-state index in [4.69, 9.17) is 0 Å². The highest BCUT2D eigenvalue weighted by Crippen LogP contribution is 2.32. The highest BCUT2D eigenvalue weighted by Gasteiger charge is 2.46. The number of nitro groups is 1. The topological polar surface area (TPSA) is 52.0 Å². The van der Waals surface area contributed by atoms with E-state index >= 15 is 0 Å². The molecule has 1 aromatic heterocycles. The fraction of sp³-hybridized carbons (Fsp3) is 0.500. The number of rotatable bonds is 1. The number of aryl methyl sites for hydroxylation is 2. The molecule has 0 aliphatic carbocycles. The van der Waals surface area contributed by atoms with E-state index in [0.717, 1.165) is 17.9 Å². The molecule has 0 unspecified atom stereocenters. The molecule has 5 nitrogen and oxygen atoms in total. The van der Waals surface area contributed by atoms with Crippen LogP contribution in [0.2, 0.25) is 0 Å². The van der Waals surface area contributed by atoms with Crippen LogP contribution >= 0.6 is 0 Å². The molecule has 1 rings (SSSR count). The van der Waals surface area contributed by atoms with Crippen LogP contribution in [0.1, 0.15) is 5.69 Å². The number of alkyl halides is 3. The molecule has 0 fully saturated rings. The smallest absolute Gasteiger partial charge is 0.358 e. The monoisotopic (exact) mass is 210 g/mol. The fourth-order valence-corrected chi connectivity index (χ4v) is 1.24. The van der Waals surface area contributed by atoms with Gasteiger partial charge in [0.2, 0.25) is 6.33 Å². The van der Waals surface area contributed by atoms with Gasteiger partial charge in [-0.25, -0.2) is 4.57 Å². The van der Waals surface area contributed by atoms with Gasteiger partial charge in [0.05, 0.1) is 14.1 Å². The van der Waals surface area contributed by atoms with Gasteiger partial charge in [0.1, 0.15) is 0 Å². The Labute approximate surface area is 76.5 Å². The lowest BCUT2D eigenvalue weighted by Crippen LogP contribution is -2.35. The molecule has 8 heteroatoms. The van der Waals surface area contributed by atoms with Gasteiger partial charge in [-0.1, -0.05) is 0 Å². The van der Waals surface area contributed by atoms with Crippen LogP contribution in [0.3, 0.4) is 0 Å². The zero-order valence-electron chi connectivity index (χ0n) is 7.37. The highest BCUT2D eigenvalue weighted by atomic mass is 19.4. The van der Waals surface area contributed by atoms with E-state index in [1.807, 2.05) is 0 Å². The Balaban J connectivity index is 3.48. The lowest BCUT2D eigenvalue weighted by molar-refractivity contribution is -0.691. The molecular weight excluding hydrogens is 203 g/mol. The van der Waals surface area contributed by atoms with Crippen molar-refractivity contribution in [3.05, 3.63) is 22.1 Å². The predicted molar refractivity (Wildman–Crippen MR) is 38.2 cm³/mol. The van der Waals surface area contributed by atoms with Crippen LogP contribution in [0.15, 0.2) is 6.33 Å². The molecule has 0 saturated carbocycles. The van der Waals surface area contributed by atoms with Gasteiger partial charge in [-0.2, -0.15) is 17.7 Å². The maximum Gasteiger partial charge on any atom is 0.462 e. The molecule has 0 atom stereocenters. The molecule has 0 aromatic carbocycles. The third-order valence-electron chi connectivity index (χ3n) is 1.69. The molecular formula is C6H7F3N3O2+. The lowest BCUT2D eigenvalue weighted by atomic mass is 10.4. The van der Waals surface area contributed by atoms with Gasteiger partial charge in [0.25, 0.3) is 0 Å². The molecule has 0 saturated heterocycles. The minimum atomic E-state index is -4.72. The van der Waals surface area contributed by atoms with E-state index in [9.17, 15) is 23.3 Å².